The van der Waals surface area contributed by atoms with Crippen LogP contribution in [0.4, 0.5) is 11.4 Å². The van der Waals surface area contributed by atoms with Crippen LogP contribution in [0.5, 0.6) is 0 Å². The molecule has 8 heteroatoms. The van der Waals surface area contributed by atoms with Gasteiger partial charge < -0.3 is 10.2 Å². The van der Waals surface area contributed by atoms with Crippen LogP contribution in [0, 0.1) is 12.8 Å². The normalized spacial score (nSPS) is 14.4. The summed E-state index contributed by atoms with van der Waals surface area (Å²) < 4.78 is 28.7. The standard InChI is InChI=1S/C23H29N3O4S/c1-15(2)13-21(23(28)24-19-7-5-16(3)6-8-19)25-31(29,30)20-9-10-22-18(14-20)11-12-26(22)17(4)27/h5-10,14-15,21,25H,11-13H2,1-4H3,(H,24,28). The van der Waals surface area contributed by atoms with E-state index < -0.39 is 22.0 Å². The van der Waals surface area contributed by atoms with Crippen LogP contribution in [-0.2, 0) is 26.0 Å². The zero-order valence-corrected chi connectivity index (χ0v) is 19.1. The lowest BCUT2D eigenvalue weighted by atomic mass is 10.0. The van der Waals surface area contributed by atoms with Crippen molar-refractivity contribution in [3.05, 3.63) is 53.6 Å². The van der Waals surface area contributed by atoms with Crippen molar-refractivity contribution in [3.63, 3.8) is 0 Å². The van der Waals surface area contributed by atoms with Gasteiger partial charge in [-0.05, 0) is 61.6 Å². The Morgan fingerprint density at radius 1 is 1.10 bits per heavy atom. The number of rotatable bonds is 7. The molecular weight excluding hydrogens is 414 g/mol. The Morgan fingerprint density at radius 3 is 2.39 bits per heavy atom. The number of benzene rings is 2. The van der Waals surface area contributed by atoms with Crippen LogP contribution in [0.15, 0.2) is 47.4 Å². The van der Waals surface area contributed by atoms with Crippen LogP contribution in [0.3, 0.4) is 0 Å². The molecule has 1 aliphatic heterocycles. The first-order chi connectivity index (χ1) is 14.6. The molecule has 2 aromatic carbocycles. The van der Waals surface area contributed by atoms with Crippen molar-refractivity contribution in [2.24, 2.45) is 5.92 Å². The van der Waals surface area contributed by atoms with Gasteiger partial charge in [0.15, 0.2) is 0 Å². The zero-order valence-electron chi connectivity index (χ0n) is 18.3. The van der Waals surface area contributed by atoms with Crippen molar-refractivity contribution in [1.82, 2.24) is 4.72 Å². The highest BCUT2D eigenvalue weighted by Crippen LogP contribution is 2.30. The smallest absolute Gasteiger partial charge is 0.242 e. The van der Waals surface area contributed by atoms with Gasteiger partial charge in [0.25, 0.3) is 0 Å². The van der Waals surface area contributed by atoms with Gasteiger partial charge in [-0.3, -0.25) is 9.59 Å². The fraction of sp³-hybridized carbons (Fsp3) is 0.391. The third-order valence-electron chi connectivity index (χ3n) is 5.28. The molecule has 1 atom stereocenters. The van der Waals surface area contributed by atoms with E-state index in [2.05, 4.69) is 10.0 Å². The molecule has 2 amide bonds. The molecule has 0 saturated heterocycles. The number of nitrogens with zero attached hydrogens (tertiary/aromatic N) is 1. The Bertz CT molecular complexity index is 1080. The average molecular weight is 444 g/mol. The lowest BCUT2D eigenvalue weighted by Gasteiger charge is -2.21. The molecule has 0 saturated carbocycles. The van der Waals surface area contributed by atoms with Crippen molar-refractivity contribution in [1.29, 1.82) is 0 Å². The molecule has 2 N–H and O–H groups in total. The summed E-state index contributed by atoms with van der Waals surface area (Å²) in [7, 11) is -3.92. The second-order valence-corrected chi connectivity index (χ2v) is 10.1. The lowest BCUT2D eigenvalue weighted by Crippen LogP contribution is -2.44. The summed E-state index contributed by atoms with van der Waals surface area (Å²) in [5, 5.41) is 2.80. The van der Waals surface area contributed by atoms with Crippen LogP contribution in [0.2, 0.25) is 0 Å². The maximum atomic E-state index is 13.1. The number of anilines is 2. The molecule has 1 heterocycles. The van der Waals surface area contributed by atoms with Gasteiger partial charge in [-0.2, -0.15) is 4.72 Å². The number of hydrogen-bond donors (Lipinski definition) is 2. The summed E-state index contributed by atoms with van der Waals surface area (Å²) >= 11 is 0. The van der Waals surface area contributed by atoms with E-state index in [0.29, 0.717) is 25.1 Å². The number of aryl methyl sites for hydroxylation is 1. The fourth-order valence-electron chi connectivity index (χ4n) is 3.67. The quantitative estimate of drug-likeness (QED) is 0.687. The molecule has 0 bridgehead atoms. The zero-order chi connectivity index (χ0) is 22.8. The average Bonchev–Trinajstić information content (AvgIpc) is 3.12. The van der Waals surface area contributed by atoms with Gasteiger partial charge in [-0.15, -0.1) is 0 Å². The Hall–Kier alpha value is -2.71. The maximum Gasteiger partial charge on any atom is 0.242 e. The van der Waals surface area contributed by atoms with Crippen molar-refractivity contribution < 1.29 is 18.0 Å². The molecule has 0 aliphatic carbocycles. The molecule has 1 aliphatic rings. The summed E-state index contributed by atoms with van der Waals surface area (Å²) in [6.45, 7) is 7.85. The van der Waals surface area contributed by atoms with E-state index in [1.807, 2.05) is 32.9 Å². The molecule has 0 spiro atoms. The summed E-state index contributed by atoms with van der Waals surface area (Å²) in [5.74, 6) is -0.358. The molecule has 0 aromatic heterocycles. The maximum absolute atomic E-state index is 13.1. The van der Waals surface area contributed by atoms with Crippen LogP contribution < -0.4 is 14.9 Å². The van der Waals surface area contributed by atoms with E-state index in [4.69, 9.17) is 0 Å². The van der Waals surface area contributed by atoms with Gasteiger partial charge >= 0.3 is 0 Å². The Labute approximate surface area is 183 Å². The van der Waals surface area contributed by atoms with Crippen molar-refractivity contribution >= 4 is 33.2 Å². The van der Waals surface area contributed by atoms with Crippen molar-refractivity contribution in [2.45, 2.75) is 51.5 Å². The highest BCUT2D eigenvalue weighted by atomic mass is 32.2. The number of carbonyl (C=O) groups is 2. The van der Waals surface area contributed by atoms with Crippen LogP contribution >= 0.6 is 0 Å². The summed E-state index contributed by atoms with van der Waals surface area (Å²) in [6.07, 6.45) is 0.960. The topological polar surface area (TPSA) is 95.6 Å². The van der Waals surface area contributed by atoms with Crippen LogP contribution in [-0.4, -0.2) is 32.8 Å². The highest BCUT2D eigenvalue weighted by Gasteiger charge is 2.29. The molecule has 2 aromatic rings. The third kappa shape index (κ3) is 5.51. The SMILES string of the molecule is CC(=O)N1CCc2cc(S(=O)(=O)NC(CC(C)C)C(=O)Nc3ccc(C)cc3)ccc21. The second-order valence-electron chi connectivity index (χ2n) is 8.37. The number of carbonyl (C=O) groups excluding carboxylic acids is 2. The first-order valence-corrected chi connectivity index (χ1v) is 11.9. The molecule has 166 valence electrons. The number of sulfonamides is 1. The molecular formula is C23H29N3O4S. The van der Waals surface area contributed by atoms with Gasteiger partial charge in [-0.25, -0.2) is 8.42 Å². The monoisotopic (exact) mass is 443 g/mol. The first kappa shape index (κ1) is 23.0. The van der Waals surface area contributed by atoms with E-state index in [1.54, 1.807) is 29.2 Å². The van der Waals surface area contributed by atoms with E-state index >= 15 is 0 Å². The predicted octanol–water partition coefficient (Wildman–Crippen LogP) is 3.24. The Balaban J connectivity index is 1.81. The van der Waals surface area contributed by atoms with Gasteiger partial charge in [0.1, 0.15) is 6.04 Å². The van der Waals surface area contributed by atoms with Gasteiger partial charge in [-0.1, -0.05) is 31.5 Å². The van der Waals surface area contributed by atoms with Gasteiger partial charge in [0, 0.05) is 24.8 Å². The molecule has 1 unspecified atom stereocenters. The molecule has 31 heavy (non-hydrogen) atoms. The van der Waals surface area contributed by atoms with Crippen LogP contribution in [0.1, 0.15) is 38.3 Å². The number of fused-ring (bicyclic) bond motifs is 1. The highest BCUT2D eigenvalue weighted by molar-refractivity contribution is 7.89. The minimum atomic E-state index is -3.92. The third-order valence-corrected chi connectivity index (χ3v) is 6.75. The summed E-state index contributed by atoms with van der Waals surface area (Å²) in [4.78, 5) is 26.3. The minimum absolute atomic E-state index is 0.0720. The van der Waals surface area contributed by atoms with E-state index in [-0.39, 0.29) is 16.7 Å². The molecule has 0 fully saturated rings. The van der Waals surface area contributed by atoms with Crippen LogP contribution in [0.25, 0.3) is 0 Å². The largest absolute Gasteiger partial charge is 0.325 e. The summed E-state index contributed by atoms with van der Waals surface area (Å²) in [6, 6.07) is 11.1. The molecule has 3 rings (SSSR count). The van der Waals surface area contributed by atoms with Gasteiger partial charge in [0.05, 0.1) is 4.90 Å². The number of nitrogens with one attached hydrogen (secondary N) is 2. The van der Waals surface area contributed by atoms with E-state index in [0.717, 1.165) is 16.8 Å². The Kier molecular flexibility index (Phi) is 6.81. The van der Waals surface area contributed by atoms with Crippen molar-refractivity contribution in [2.75, 3.05) is 16.8 Å². The minimum Gasteiger partial charge on any atom is -0.325 e. The van der Waals surface area contributed by atoms with E-state index in [1.165, 1.54) is 13.0 Å². The van der Waals surface area contributed by atoms with E-state index in [9.17, 15) is 18.0 Å². The summed E-state index contributed by atoms with van der Waals surface area (Å²) in [5.41, 5.74) is 3.23. The molecule has 0 radical (unpaired) electrons. The fourth-order valence-corrected chi connectivity index (χ4v) is 4.93. The molecule has 7 nitrogen and oxygen atoms in total. The number of hydrogen-bond acceptors (Lipinski definition) is 4. The second kappa shape index (κ2) is 9.20. The lowest BCUT2D eigenvalue weighted by molar-refractivity contribution is -0.118. The Morgan fingerprint density at radius 2 is 1.77 bits per heavy atom. The predicted molar refractivity (Wildman–Crippen MR) is 122 cm³/mol. The number of amides is 2. The first-order valence-electron chi connectivity index (χ1n) is 10.4. The van der Waals surface area contributed by atoms with Crippen molar-refractivity contribution in [3.8, 4) is 0 Å². The van der Waals surface area contributed by atoms with Gasteiger partial charge in [0.2, 0.25) is 21.8 Å².